The van der Waals surface area contributed by atoms with Crippen LogP contribution in [0.5, 0.6) is 0 Å². The Balaban J connectivity index is 2.07. The number of aliphatic hydroxyl groups is 1. The third-order valence-electron chi connectivity index (χ3n) is 2.69. The molecule has 0 aromatic heterocycles. The molecule has 0 unspecified atom stereocenters. The van der Waals surface area contributed by atoms with E-state index in [-0.39, 0.29) is 12.1 Å². The van der Waals surface area contributed by atoms with Crippen molar-refractivity contribution in [3.63, 3.8) is 0 Å². The van der Waals surface area contributed by atoms with Crippen molar-refractivity contribution < 1.29 is 5.11 Å². The summed E-state index contributed by atoms with van der Waals surface area (Å²) in [7, 11) is 0. The summed E-state index contributed by atoms with van der Waals surface area (Å²) < 4.78 is 0. The molecule has 1 aliphatic carbocycles. The molecule has 1 aliphatic rings. The van der Waals surface area contributed by atoms with Crippen molar-refractivity contribution >= 4 is 17.3 Å². The summed E-state index contributed by atoms with van der Waals surface area (Å²) in [6, 6.07) is 7.79. The molecule has 0 spiro atoms. The van der Waals surface area contributed by atoms with E-state index in [0.29, 0.717) is 5.02 Å². The summed E-state index contributed by atoms with van der Waals surface area (Å²) >= 11 is 6.01. The highest BCUT2D eigenvalue weighted by atomic mass is 35.5. The lowest BCUT2D eigenvalue weighted by molar-refractivity contribution is 0.172. The molecule has 0 radical (unpaired) electrons. The van der Waals surface area contributed by atoms with Crippen LogP contribution in [-0.2, 0) is 0 Å². The largest absolute Gasteiger partial charge is 0.391 e. The van der Waals surface area contributed by atoms with E-state index in [1.54, 1.807) is 0 Å². The summed E-state index contributed by atoms with van der Waals surface area (Å²) in [4.78, 5) is 0. The summed E-state index contributed by atoms with van der Waals surface area (Å²) in [6.45, 7) is 0. The van der Waals surface area contributed by atoms with Gasteiger partial charge in [0.25, 0.3) is 0 Å². The maximum absolute atomic E-state index is 9.64. The fourth-order valence-corrected chi connectivity index (χ4v) is 2.08. The molecular weight excluding hydrogens is 198 g/mol. The van der Waals surface area contributed by atoms with E-state index in [4.69, 9.17) is 11.6 Å². The van der Waals surface area contributed by atoms with Crippen LogP contribution in [0.3, 0.4) is 0 Å². The van der Waals surface area contributed by atoms with Gasteiger partial charge in [-0.25, -0.2) is 0 Å². The molecule has 76 valence electrons. The van der Waals surface area contributed by atoms with Crippen molar-refractivity contribution in [1.29, 1.82) is 0 Å². The molecular formula is C11H14ClNO. The Labute approximate surface area is 88.9 Å². The van der Waals surface area contributed by atoms with Gasteiger partial charge in [-0.3, -0.25) is 0 Å². The van der Waals surface area contributed by atoms with Gasteiger partial charge in [-0.2, -0.15) is 0 Å². The Hall–Kier alpha value is -0.730. The van der Waals surface area contributed by atoms with Gasteiger partial charge in [-0.05, 0) is 31.4 Å². The van der Waals surface area contributed by atoms with Crippen molar-refractivity contribution in [2.45, 2.75) is 31.4 Å². The number of hydrogen-bond acceptors (Lipinski definition) is 2. The Morgan fingerprint density at radius 1 is 1.29 bits per heavy atom. The minimum atomic E-state index is -0.230. The molecule has 14 heavy (non-hydrogen) atoms. The van der Waals surface area contributed by atoms with E-state index >= 15 is 0 Å². The highest BCUT2D eigenvalue weighted by Crippen LogP contribution is 2.26. The minimum Gasteiger partial charge on any atom is -0.391 e. The topological polar surface area (TPSA) is 32.3 Å². The summed E-state index contributed by atoms with van der Waals surface area (Å²) in [5.41, 5.74) is 0.917. The number of nitrogens with one attached hydrogen (secondary N) is 1. The number of anilines is 1. The molecule has 3 heteroatoms. The maximum atomic E-state index is 9.64. The maximum Gasteiger partial charge on any atom is 0.0741 e. The lowest BCUT2D eigenvalue weighted by Crippen LogP contribution is -2.27. The van der Waals surface area contributed by atoms with Crippen LogP contribution in [0.15, 0.2) is 24.3 Å². The first kappa shape index (κ1) is 9.81. The molecule has 0 heterocycles. The second-order valence-corrected chi connectivity index (χ2v) is 4.14. The second-order valence-electron chi connectivity index (χ2n) is 3.73. The standard InChI is InChI=1S/C11H14ClNO/c12-8-4-1-2-5-9(8)13-10-6-3-7-11(10)14/h1-2,4-5,10-11,13-14H,3,6-7H2/t10-,11+/m0/s1. The van der Waals surface area contributed by atoms with Crippen LogP contribution < -0.4 is 5.32 Å². The molecule has 2 atom stereocenters. The van der Waals surface area contributed by atoms with E-state index in [2.05, 4.69) is 5.32 Å². The zero-order valence-electron chi connectivity index (χ0n) is 7.91. The molecule has 1 aromatic rings. The van der Waals surface area contributed by atoms with Crippen molar-refractivity contribution in [2.24, 2.45) is 0 Å². The average molecular weight is 212 g/mol. The first-order valence-corrected chi connectivity index (χ1v) is 5.34. The van der Waals surface area contributed by atoms with Gasteiger partial charge in [0.15, 0.2) is 0 Å². The number of aliphatic hydroxyl groups excluding tert-OH is 1. The molecule has 2 rings (SSSR count). The van der Waals surface area contributed by atoms with Crippen molar-refractivity contribution in [3.05, 3.63) is 29.3 Å². The van der Waals surface area contributed by atoms with Crippen LogP contribution in [0.1, 0.15) is 19.3 Å². The van der Waals surface area contributed by atoms with Gasteiger partial charge in [-0.15, -0.1) is 0 Å². The van der Waals surface area contributed by atoms with Crippen molar-refractivity contribution in [2.75, 3.05) is 5.32 Å². The van der Waals surface area contributed by atoms with Gasteiger partial charge in [0.05, 0.1) is 22.9 Å². The third kappa shape index (κ3) is 2.02. The first-order chi connectivity index (χ1) is 6.77. The van der Waals surface area contributed by atoms with E-state index in [1.165, 1.54) is 0 Å². The summed E-state index contributed by atoms with van der Waals surface area (Å²) in [5, 5.41) is 13.6. The molecule has 0 aliphatic heterocycles. The highest BCUT2D eigenvalue weighted by Gasteiger charge is 2.25. The van der Waals surface area contributed by atoms with Gasteiger partial charge < -0.3 is 10.4 Å². The molecule has 0 amide bonds. The number of hydrogen-bond donors (Lipinski definition) is 2. The molecule has 1 fully saturated rings. The van der Waals surface area contributed by atoms with E-state index in [0.717, 1.165) is 24.9 Å². The SMILES string of the molecule is O[C@@H]1CCC[C@@H]1Nc1ccccc1Cl. The van der Waals surface area contributed by atoms with Crippen LogP contribution in [0, 0.1) is 0 Å². The van der Waals surface area contributed by atoms with Crippen LogP contribution >= 0.6 is 11.6 Å². The monoisotopic (exact) mass is 211 g/mol. The van der Waals surface area contributed by atoms with Crippen molar-refractivity contribution in [3.8, 4) is 0 Å². The third-order valence-corrected chi connectivity index (χ3v) is 3.02. The molecule has 1 saturated carbocycles. The number of para-hydroxylation sites is 1. The normalized spacial score (nSPS) is 26.4. The zero-order valence-corrected chi connectivity index (χ0v) is 8.67. The highest BCUT2D eigenvalue weighted by molar-refractivity contribution is 6.33. The van der Waals surface area contributed by atoms with Gasteiger partial charge in [-0.1, -0.05) is 23.7 Å². The molecule has 2 N–H and O–H groups in total. The van der Waals surface area contributed by atoms with Gasteiger partial charge in [0.1, 0.15) is 0 Å². The van der Waals surface area contributed by atoms with Gasteiger partial charge >= 0.3 is 0 Å². The van der Waals surface area contributed by atoms with Crippen LogP contribution in [0.4, 0.5) is 5.69 Å². The van der Waals surface area contributed by atoms with E-state index in [1.807, 2.05) is 24.3 Å². The lowest BCUT2D eigenvalue weighted by atomic mass is 10.2. The molecule has 2 nitrogen and oxygen atoms in total. The van der Waals surface area contributed by atoms with E-state index in [9.17, 15) is 5.11 Å². The predicted octanol–water partition coefficient (Wildman–Crippen LogP) is 2.67. The van der Waals surface area contributed by atoms with Crippen LogP contribution in [-0.4, -0.2) is 17.3 Å². The molecule has 0 saturated heterocycles. The Kier molecular flexibility index (Phi) is 2.94. The number of rotatable bonds is 2. The minimum absolute atomic E-state index is 0.162. The Morgan fingerprint density at radius 2 is 2.07 bits per heavy atom. The number of benzene rings is 1. The summed E-state index contributed by atoms with van der Waals surface area (Å²) in [6.07, 6.45) is 2.77. The quantitative estimate of drug-likeness (QED) is 0.789. The van der Waals surface area contributed by atoms with Gasteiger partial charge in [0.2, 0.25) is 0 Å². The van der Waals surface area contributed by atoms with Gasteiger partial charge in [0, 0.05) is 0 Å². The van der Waals surface area contributed by atoms with Crippen LogP contribution in [0.25, 0.3) is 0 Å². The second kappa shape index (κ2) is 4.20. The number of halogens is 1. The van der Waals surface area contributed by atoms with E-state index < -0.39 is 0 Å². The Morgan fingerprint density at radius 3 is 2.71 bits per heavy atom. The van der Waals surface area contributed by atoms with Crippen LogP contribution in [0.2, 0.25) is 5.02 Å². The fraction of sp³-hybridized carbons (Fsp3) is 0.455. The average Bonchev–Trinajstić information content (AvgIpc) is 2.56. The smallest absolute Gasteiger partial charge is 0.0741 e. The zero-order chi connectivity index (χ0) is 9.97. The lowest BCUT2D eigenvalue weighted by Gasteiger charge is -2.18. The summed E-state index contributed by atoms with van der Waals surface area (Å²) in [5.74, 6) is 0. The molecule has 1 aromatic carbocycles. The Bertz CT molecular complexity index is 316. The first-order valence-electron chi connectivity index (χ1n) is 4.96. The van der Waals surface area contributed by atoms with Crippen molar-refractivity contribution in [1.82, 2.24) is 0 Å². The predicted molar refractivity (Wildman–Crippen MR) is 58.7 cm³/mol. The fourth-order valence-electron chi connectivity index (χ4n) is 1.89. The molecule has 0 bridgehead atoms.